The van der Waals surface area contributed by atoms with Crippen LogP contribution in [0.25, 0.3) is 10.9 Å². The highest BCUT2D eigenvalue weighted by Gasteiger charge is 2.37. The number of alkyl halides is 3. The van der Waals surface area contributed by atoms with Gasteiger partial charge in [0.05, 0.1) is 30.7 Å². The third-order valence-corrected chi connectivity index (χ3v) is 4.96. The molecule has 2 aromatic carbocycles. The van der Waals surface area contributed by atoms with E-state index in [0.29, 0.717) is 22.2 Å². The van der Waals surface area contributed by atoms with E-state index in [1.54, 1.807) is 18.2 Å². The number of halogens is 4. The highest BCUT2D eigenvalue weighted by atomic mass is 35.5. The van der Waals surface area contributed by atoms with Crippen LogP contribution in [0, 0.1) is 11.3 Å². The fourth-order valence-electron chi connectivity index (χ4n) is 3.24. The number of fused-ring (bicyclic) bond motifs is 1. The van der Waals surface area contributed by atoms with Crippen molar-refractivity contribution in [3.8, 4) is 11.8 Å². The summed E-state index contributed by atoms with van der Waals surface area (Å²) in [6, 6.07) is 12.8. The van der Waals surface area contributed by atoms with Crippen molar-refractivity contribution in [2.24, 2.45) is 0 Å². The number of pyridine rings is 1. The molecule has 0 radical (unpaired) electrons. The van der Waals surface area contributed by atoms with Gasteiger partial charge in [-0.15, -0.1) is 0 Å². The number of benzene rings is 2. The van der Waals surface area contributed by atoms with E-state index in [-0.39, 0.29) is 16.1 Å². The van der Waals surface area contributed by atoms with Gasteiger partial charge >= 0.3 is 6.18 Å². The maximum Gasteiger partial charge on any atom is 0.389 e. The number of methoxy groups -OCH3 is 1. The van der Waals surface area contributed by atoms with Gasteiger partial charge in [0.2, 0.25) is 0 Å². The van der Waals surface area contributed by atoms with E-state index < -0.39 is 24.6 Å². The molecular weight excluding hydrogens is 405 g/mol. The van der Waals surface area contributed by atoms with Crippen molar-refractivity contribution in [3.63, 3.8) is 0 Å². The zero-order valence-corrected chi connectivity index (χ0v) is 16.0. The average molecular weight is 421 g/mol. The van der Waals surface area contributed by atoms with Crippen molar-refractivity contribution >= 4 is 22.5 Å². The molecule has 0 aliphatic rings. The summed E-state index contributed by atoms with van der Waals surface area (Å²) in [4.78, 5) is 4.18. The number of rotatable bonds is 5. The van der Waals surface area contributed by atoms with Gasteiger partial charge in [0.15, 0.2) is 0 Å². The Balaban J connectivity index is 2.06. The first kappa shape index (κ1) is 20.9. The standard InChI is InChI=1S/C21H16ClF3N2O2/c1-29-15-5-6-16(18(22)8-15)17(9-21(23,24)25)20(28)14-7-12-3-2-4-13(10-26)19(12)27-11-14/h2-8,11,17,20,28H,9H2,1H3. The smallest absolute Gasteiger partial charge is 0.389 e. The number of hydrogen-bond acceptors (Lipinski definition) is 4. The summed E-state index contributed by atoms with van der Waals surface area (Å²) < 4.78 is 44.8. The number of para-hydroxylation sites is 1. The topological polar surface area (TPSA) is 66.1 Å². The molecule has 0 spiro atoms. The van der Waals surface area contributed by atoms with Crippen LogP contribution in [0.4, 0.5) is 13.2 Å². The molecule has 0 aliphatic carbocycles. The summed E-state index contributed by atoms with van der Waals surface area (Å²) in [5.74, 6) is -0.942. The Morgan fingerprint density at radius 1 is 1.24 bits per heavy atom. The van der Waals surface area contributed by atoms with Crippen LogP contribution >= 0.6 is 11.6 Å². The number of aromatic nitrogens is 1. The molecule has 2 atom stereocenters. The highest BCUT2D eigenvalue weighted by molar-refractivity contribution is 6.31. The minimum atomic E-state index is -4.52. The number of aliphatic hydroxyl groups excluding tert-OH is 1. The van der Waals surface area contributed by atoms with Gasteiger partial charge in [0.1, 0.15) is 11.8 Å². The number of aliphatic hydroxyl groups is 1. The quantitative estimate of drug-likeness (QED) is 0.588. The van der Waals surface area contributed by atoms with Crippen LogP contribution in [-0.4, -0.2) is 23.4 Å². The van der Waals surface area contributed by atoms with E-state index in [2.05, 4.69) is 4.98 Å². The fourth-order valence-corrected chi connectivity index (χ4v) is 3.55. The molecule has 0 aliphatic heterocycles. The van der Waals surface area contributed by atoms with Gasteiger partial charge in [-0.2, -0.15) is 18.4 Å². The molecule has 3 rings (SSSR count). The summed E-state index contributed by atoms with van der Waals surface area (Å²) in [5.41, 5.74) is 1.12. The Morgan fingerprint density at radius 3 is 2.62 bits per heavy atom. The molecule has 1 heterocycles. The lowest BCUT2D eigenvalue weighted by atomic mass is 9.86. The van der Waals surface area contributed by atoms with Gasteiger partial charge in [-0.1, -0.05) is 29.8 Å². The number of hydrogen-bond donors (Lipinski definition) is 1. The lowest BCUT2D eigenvalue weighted by Crippen LogP contribution is -2.20. The van der Waals surface area contributed by atoms with Crippen LogP contribution in [0.3, 0.4) is 0 Å². The molecule has 0 saturated heterocycles. The van der Waals surface area contributed by atoms with Crippen LogP contribution in [0.1, 0.15) is 35.1 Å². The SMILES string of the molecule is COc1ccc(C(CC(F)(F)F)C(O)c2cnc3c(C#N)cccc3c2)c(Cl)c1. The van der Waals surface area contributed by atoms with Gasteiger partial charge in [0, 0.05) is 28.1 Å². The molecule has 150 valence electrons. The fraction of sp³-hybridized carbons (Fsp3) is 0.238. The summed E-state index contributed by atoms with van der Waals surface area (Å²) in [5, 5.41) is 20.6. The van der Waals surface area contributed by atoms with Crippen molar-refractivity contribution in [2.45, 2.75) is 24.6 Å². The van der Waals surface area contributed by atoms with Crippen molar-refractivity contribution in [2.75, 3.05) is 7.11 Å². The van der Waals surface area contributed by atoms with Gasteiger partial charge < -0.3 is 9.84 Å². The van der Waals surface area contributed by atoms with Crippen molar-refractivity contribution in [3.05, 3.63) is 70.4 Å². The Hall–Kier alpha value is -2.82. The zero-order chi connectivity index (χ0) is 21.2. The molecule has 0 saturated carbocycles. The van der Waals surface area contributed by atoms with Gasteiger partial charge in [0.25, 0.3) is 0 Å². The third kappa shape index (κ3) is 4.61. The Kier molecular flexibility index (Phi) is 5.96. The predicted octanol–water partition coefficient (Wildman–Crippen LogP) is 5.54. The van der Waals surface area contributed by atoms with Gasteiger partial charge in [-0.05, 0) is 29.8 Å². The first-order valence-electron chi connectivity index (χ1n) is 8.60. The molecule has 0 bridgehead atoms. The minimum absolute atomic E-state index is 0.0677. The monoisotopic (exact) mass is 420 g/mol. The van der Waals surface area contributed by atoms with Crippen LogP contribution in [-0.2, 0) is 0 Å². The largest absolute Gasteiger partial charge is 0.497 e. The second kappa shape index (κ2) is 8.27. The van der Waals surface area contributed by atoms with Crippen LogP contribution in [0.15, 0.2) is 48.7 Å². The second-order valence-electron chi connectivity index (χ2n) is 6.52. The average Bonchev–Trinajstić information content (AvgIpc) is 2.70. The lowest BCUT2D eigenvalue weighted by Gasteiger charge is -2.26. The van der Waals surface area contributed by atoms with E-state index in [4.69, 9.17) is 21.6 Å². The van der Waals surface area contributed by atoms with Crippen LogP contribution < -0.4 is 4.74 Å². The molecular formula is C21H16ClF3N2O2. The van der Waals surface area contributed by atoms with Crippen molar-refractivity contribution < 1.29 is 23.0 Å². The molecule has 1 aromatic heterocycles. The predicted molar refractivity (Wildman–Crippen MR) is 103 cm³/mol. The second-order valence-corrected chi connectivity index (χ2v) is 6.92. The molecule has 3 aromatic rings. The van der Waals surface area contributed by atoms with Crippen LogP contribution in [0.2, 0.25) is 5.02 Å². The van der Waals surface area contributed by atoms with E-state index in [9.17, 15) is 18.3 Å². The minimum Gasteiger partial charge on any atom is -0.497 e. The first-order chi connectivity index (χ1) is 13.7. The summed E-state index contributed by atoms with van der Waals surface area (Å²) in [6.07, 6.45) is -6.01. The third-order valence-electron chi connectivity index (χ3n) is 4.63. The van der Waals surface area contributed by atoms with Gasteiger partial charge in [-0.25, -0.2) is 0 Å². The molecule has 0 amide bonds. The van der Waals surface area contributed by atoms with E-state index in [0.717, 1.165) is 0 Å². The molecule has 8 heteroatoms. The summed E-state index contributed by atoms with van der Waals surface area (Å²) in [6.45, 7) is 0. The van der Waals surface area contributed by atoms with E-state index in [1.165, 1.54) is 37.6 Å². The highest BCUT2D eigenvalue weighted by Crippen LogP contribution is 2.43. The number of ether oxygens (including phenoxy) is 1. The molecule has 4 nitrogen and oxygen atoms in total. The van der Waals surface area contributed by atoms with Gasteiger partial charge in [-0.3, -0.25) is 4.98 Å². The molecule has 1 N–H and O–H groups in total. The van der Waals surface area contributed by atoms with Crippen molar-refractivity contribution in [1.29, 1.82) is 5.26 Å². The maximum atomic E-state index is 13.3. The Bertz CT molecular complexity index is 1080. The summed E-state index contributed by atoms with van der Waals surface area (Å²) >= 11 is 6.19. The van der Waals surface area contributed by atoms with Crippen molar-refractivity contribution in [1.82, 2.24) is 4.98 Å². The Labute approximate surface area is 170 Å². The number of nitrogens with zero attached hydrogens (tertiary/aromatic N) is 2. The molecule has 29 heavy (non-hydrogen) atoms. The Morgan fingerprint density at radius 2 is 2.00 bits per heavy atom. The number of nitriles is 1. The maximum absolute atomic E-state index is 13.3. The lowest BCUT2D eigenvalue weighted by molar-refractivity contribution is -0.145. The zero-order valence-electron chi connectivity index (χ0n) is 15.2. The first-order valence-corrected chi connectivity index (χ1v) is 8.98. The molecule has 0 fully saturated rings. The van der Waals surface area contributed by atoms with E-state index >= 15 is 0 Å². The van der Waals surface area contributed by atoms with E-state index in [1.807, 2.05) is 6.07 Å². The molecule has 2 unspecified atom stereocenters. The summed E-state index contributed by atoms with van der Waals surface area (Å²) in [7, 11) is 1.42. The normalized spacial score (nSPS) is 13.7. The van der Waals surface area contributed by atoms with Crippen LogP contribution in [0.5, 0.6) is 5.75 Å².